The fourth-order valence-corrected chi connectivity index (χ4v) is 4.22. The number of hydrogen-bond acceptors (Lipinski definition) is 5. The molecule has 27 heavy (non-hydrogen) atoms. The van der Waals surface area contributed by atoms with Crippen molar-refractivity contribution in [3.63, 3.8) is 0 Å². The van der Waals surface area contributed by atoms with Crippen molar-refractivity contribution in [2.45, 2.75) is 12.5 Å². The number of halogens is 2. The van der Waals surface area contributed by atoms with Crippen molar-refractivity contribution in [1.82, 2.24) is 18.9 Å². The van der Waals surface area contributed by atoms with Crippen LogP contribution in [-0.2, 0) is 11.8 Å². The van der Waals surface area contributed by atoms with Gasteiger partial charge in [0.2, 0.25) is 6.41 Å². The van der Waals surface area contributed by atoms with Gasteiger partial charge in [0.25, 0.3) is 5.91 Å². The Morgan fingerprint density at radius 3 is 2.93 bits per heavy atom. The summed E-state index contributed by atoms with van der Waals surface area (Å²) in [7, 11) is 1.79. The van der Waals surface area contributed by atoms with Crippen molar-refractivity contribution >= 4 is 58.6 Å². The molecule has 0 bridgehead atoms. The number of amides is 2. The van der Waals surface area contributed by atoms with Crippen LogP contribution < -0.4 is 10.0 Å². The predicted molar refractivity (Wildman–Crippen MR) is 106 cm³/mol. The molecule has 0 aliphatic carbocycles. The SMILES string of the molecule is Cn1c(C(=O)N[C@@H]2CCN(SNC=O)CC2C#N)cc2c(Cl)c(Cl)ccc21. The average molecular weight is 426 g/mol. The van der Waals surface area contributed by atoms with Gasteiger partial charge in [-0.15, -0.1) is 0 Å². The molecule has 2 heterocycles. The summed E-state index contributed by atoms with van der Waals surface area (Å²) in [6.45, 7) is 1.09. The lowest BCUT2D eigenvalue weighted by Crippen LogP contribution is -2.49. The molecule has 1 aliphatic rings. The molecule has 7 nitrogen and oxygen atoms in total. The molecule has 1 aromatic heterocycles. The maximum Gasteiger partial charge on any atom is 0.268 e. The zero-order valence-electron chi connectivity index (χ0n) is 14.4. The number of nitriles is 1. The molecule has 1 saturated heterocycles. The van der Waals surface area contributed by atoms with Crippen LogP contribution in [0.5, 0.6) is 0 Å². The van der Waals surface area contributed by atoms with E-state index in [-0.39, 0.29) is 17.9 Å². The van der Waals surface area contributed by atoms with Crippen LogP contribution in [0.1, 0.15) is 16.9 Å². The first-order valence-electron chi connectivity index (χ1n) is 8.21. The van der Waals surface area contributed by atoms with Crippen molar-refractivity contribution < 1.29 is 9.59 Å². The van der Waals surface area contributed by atoms with E-state index in [4.69, 9.17) is 23.2 Å². The largest absolute Gasteiger partial charge is 0.347 e. The Labute approximate surface area is 170 Å². The first-order chi connectivity index (χ1) is 13.0. The molecule has 0 radical (unpaired) electrons. The summed E-state index contributed by atoms with van der Waals surface area (Å²) in [5, 5.41) is 14.0. The average Bonchev–Trinajstić information content (AvgIpc) is 3.01. The van der Waals surface area contributed by atoms with Gasteiger partial charge in [0, 0.05) is 49.2 Å². The van der Waals surface area contributed by atoms with Crippen molar-refractivity contribution in [2.75, 3.05) is 13.1 Å². The van der Waals surface area contributed by atoms with E-state index in [0.29, 0.717) is 47.0 Å². The van der Waals surface area contributed by atoms with Crippen molar-refractivity contribution in [1.29, 1.82) is 5.26 Å². The van der Waals surface area contributed by atoms with Gasteiger partial charge in [0.15, 0.2) is 0 Å². The van der Waals surface area contributed by atoms with Crippen molar-refractivity contribution in [3.05, 3.63) is 33.9 Å². The first-order valence-corrected chi connectivity index (χ1v) is 9.74. The Hall–Kier alpha value is -1.92. The number of nitrogens with one attached hydrogen (secondary N) is 2. The van der Waals surface area contributed by atoms with Gasteiger partial charge in [0.05, 0.1) is 22.0 Å². The number of carbonyl (C=O) groups excluding carboxylic acids is 2. The van der Waals surface area contributed by atoms with Gasteiger partial charge in [-0.25, -0.2) is 4.31 Å². The Morgan fingerprint density at radius 2 is 2.22 bits per heavy atom. The Bertz CT molecular complexity index is 926. The minimum atomic E-state index is -0.378. The fourth-order valence-electron chi connectivity index (χ4n) is 3.21. The molecule has 2 aromatic rings. The maximum absolute atomic E-state index is 12.8. The highest BCUT2D eigenvalue weighted by Gasteiger charge is 2.31. The third-order valence-corrected chi connectivity index (χ3v) is 6.24. The molecular formula is C17H17Cl2N5O2S. The van der Waals surface area contributed by atoms with Crippen molar-refractivity contribution in [2.24, 2.45) is 13.0 Å². The molecule has 142 valence electrons. The van der Waals surface area contributed by atoms with Gasteiger partial charge in [-0.2, -0.15) is 5.26 Å². The Balaban J connectivity index is 1.76. The highest BCUT2D eigenvalue weighted by atomic mass is 35.5. The number of benzene rings is 1. The summed E-state index contributed by atoms with van der Waals surface area (Å²) in [4.78, 5) is 23.2. The van der Waals surface area contributed by atoms with Crippen LogP contribution in [0.15, 0.2) is 18.2 Å². The number of aromatic nitrogens is 1. The van der Waals surface area contributed by atoms with Crippen LogP contribution >= 0.6 is 35.3 Å². The molecule has 2 N–H and O–H groups in total. The number of hydrogen-bond donors (Lipinski definition) is 2. The molecule has 1 unspecified atom stereocenters. The van der Waals surface area contributed by atoms with Gasteiger partial charge >= 0.3 is 0 Å². The second kappa shape index (κ2) is 8.40. The Morgan fingerprint density at radius 1 is 1.44 bits per heavy atom. The van der Waals surface area contributed by atoms with E-state index in [1.54, 1.807) is 23.7 Å². The van der Waals surface area contributed by atoms with Crippen LogP contribution in [0.25, 0.3) is 10.9 Å². The minimum Gasteiger partial charge on any atom is -0.347 e. The molecule has 0 spiro atoms. The van der Waals surface area contributed by atoms with E-state index in [2.05, 4.69) is 16.1 Å². The highest BCUT2D eigenvalue weighted by Crippen LogP contribution is 2.32. The lowest BCUT2D eigenvalue weighted by Gasteiger charge is -2.34. The molecule has 1 aliphatic heterocycles. The van der Waals surface area contributed by atoms with Crippen LogP contribution in [-0.4, -0.2) is 40.3 Å². The van der Waals surface area contributed by atoms with Gasteiger partial charge in [0.1, 0.15) is 5.69 Å². The third-order valence-electron chi connectivity index (χ3n) is 4.63. The van der Waals surface area contributed by atoms with E-state index in [1.165, 1.54) is 0 Å². The molecule has 3 rings (SSSR count). The molecule has 2 amide bonds. The quantitative estimate of drug-likeness (QED) is 0.567. The summed E-state index contributed by atoms with van der Waals surface area (Å²) >= 11 is 13.5. The van der Waals surface area contributed by atoms with E-state index < -0.39 is 0 Å². The van der Waals surface area contributed by atoms with E-state index in [9.17, 15) is 14.9 Å². The predicted octanol–water partition coefficient (Wildman–Crippen LogP) is 2.74. The lowest BCUT2D eigenvalue weighted by molar-refractivity contribution is -0.108. The molecule has 1 fully saturated rings. The summed E-state index contributed by atoms with van der Waals surface area (Å²) in [5.41, 5.74) is 1.25. The second-order valence-corrected chi connectivity index (χ2v) is 7.92. The van der Waals surface area contributed by atoms with Gasteiger partial charge in [-0.1, -0.05) is 23.2 Å². The molecular weight excluding hydrogens is 409 g/mol. The molecule has 0 saturated carbocycles. The smallest absolute Gasteiger partial charge is 0.268 e. The number of nitrogens with zero attached hydrogens (tertiary/aromatic N) is 3. The lowest BCUT2D eigenvalue weighted by atomic mass is 9.94. The molecule has 10 heteroatoms. The maximum atomic E-state index is 12.8. The van der Waals surface area contributed by atoms with Gasteiger partial charge in [-0.3, -0.25) is 14.3 Å². The summed E-state index contributed by atoms with van der Waals surface area (Å²) in [6.07, 6.45) is 1.20. The monoisotopic (exact) mass is 425 g/mol. The van der Waals surface area contributed by atoms with E-state index >= 15 is 0 Å². The van der Waals surface area contributed by atoms with Crippen molar-refractivity contribution in [3.8, 4) is 6.07 Å². The zero-order chi connectivity index (χ0) is 19.6. The normalized spacial score (nSPS) is 20.2. The fraction of sp³-hybridized carbons (Fsp3) is 0.353. The number of fused-ring (bicyclic) bond motifs is 1. The third kappa shape index (κ3) is 4.01. The summed E-state index contributed by atoms with van der Waals surface area (Å²) in [6, 6.07) is 7.19. The topological polar surface area (TPSA) is 90.2 Å². The van der Waals surface area contributed by atoms with Crippen LogP contribution in [0, 0.1) is 17.2 Å². The second-order valence-electron chi connectivity index (χ2n) is 6.20. The molecule has 1 aromatic carbocycles. The van der Waals surface area contributed by atoms with Crippen LogP contribution in [0.4, 0.5) is 0 Å². The number of rotatable bonds is 5. The van der Waals surface area contributed by atoms with Crippen LogP contribution in [0.3, 0.4) is 0 Å². The number of piperidine rings is 1. The highest BCUT2D eigenvalue weighted by molar-refractivity contribution is 7.95. The van der Waals surface area contributed by atoms with E-state index in [1.807, 2.05) is 10.4 Å². The Kier molecular flexibility index (Phi) is 6.17. The number of carbonyl (C=O) groups is 2. The standard InChI is InChI=1S/C17H17Cl2N5O2S/c1-23-14-3-2-12(18)16(19)11(14)6-15(23)17(26)22-13-4-5-24(27-21-9-25)8-10(13)7-20/h2-3,6,9-10,13H,4-5,8H2,1H3,(H,21,25)(H,22,26)/t10?,13-/m1/s1. The summed E-state index contributed by atoms with van der Waals surface area (Å²) in [5.74, 6) is -0.644. The summed E-state index contributed by atoms with van der Waals surface area (Å²) < 4.78 is 6.16. The zero-order valence-corrected chi connectivity index (χ0v) is 16.7. The minimum absolute atomic E-state index is 0.266. The van der Waals surface area contributed by atoms with Gasteiger partial charge in [-0.05, 0) is 24.6 Å². The van der Waals surface area contributed by atoms with Gasteiger partial charge < -0.3 is 9.88 Å². The van der Waals surface area contributed by atoms with E-state index in [0.717, 1.165) is 17.7 Å². The first kappa shape index (κ1) is 19.8. The number of aryl methyl sites for hydroxylation is 1. The van der Waals surface area contributed by atoms with Crippen LogP contribution in [0.2, 0.25) is 10.0 Å². The molecule has 2 atom stereocenters.